The minimum Gasteiger partial charge on any atom is -0.399 e. The molecule has 0 radical (unpaired) electrons. The number of hydrogen-bond acceptors (Lipinski definition) is 4. The molecule has 21 heavy (non-hydrogen) atoms. The lowest BCUT2D eigenvalue weighted by atomic mass is 10.2. The number of benzene rings is 1. The molecule has 0 aliphatic carbocycles. The molecule has 0 saturated carbocycles. The van der Waals surface area contributed by atoms with Crippen LogP contribution in [0, 0.1) is 11.6 Å². The maximum Gasteiger partial charge on any atom is 0.151 e. The fourth-order valence-corrected chi connectivity index (χ4v) is 2.59. The Balaban J connectivity index is 1.75. The SMILES string of the molecule is Nc1cc(F)c(N2CCN(c3ccccn3)CC2)c(F)c1. The molecule has 1 aromatic carbocycles. The summed E-state index contributed by atoms with van der Waals surface area (Å²) in [4.78, 5) is 8.10. The first kappa shape index (κ1) is 13.6. The van der Waals surface area contributed by atoms with Gasteiger partial charge in [-0.05, 0) is 24.3 Å². The molecule has 0 atom stereocenters. The molecule has 0 unspecified atom stereocenters. The first-order valence-corrected chi connectivity index (χ1v) is 6.80. The van der Waals surface area contributed by atoms with Crippen LogP contribution in [0.1, 0.15) is 0 Å². The summed E-state index contributed by atoms with van der Waals surface area (Å²) in [5.74, 6) is -0.340. The van der Waals surface area contributed by atoms with Gasteiger partial charge < -0.3 is 15.5 Å². The van der Waals surface area contributed by atoms with Gasteiger partial charge >= 0.3 is 0 Å². The largest absolute Gasteiger partial charge is 0.399 e. The maximum absolute atomic E-state index is 13.9. The Bertz CT molecular complexity index is 602. The van der Waals surface area contributed by atoms with Crippen molar-refractivity contribution >= 4 is 17.2 Å². The second kappa shape index (κ2) is 5.55. The maximum atomic E-state index is 13.9. The molecule has 3 rings (SSSR count). The first-order valence-electron chi connectivity index (χ1n) is 6.80. The number of anilines is 3. The van der Waals surface area contributed by atoms with E-state index < -0.39 is 11.6 Å². The van der Waals surface area contributed by atoms with Gasteiger partial charge in [0.2, 0.25) is 0 Å². The van der Waals surface area contributed by atoms with Crippen LogP contribution in [0.25, 0.3) is 0 Å². The first-order chi connectivity index (χ1) is 10.1. The van der Waals surface area contributed by atoms with Crippen molar-refractivity contribution in [2.45, 2.75) is 0 Å². The van der Waals surface area contributed by atoms with E-state index in [0.29, 0.717) is 26.2 Å². The lowest BCUT2D eigenvalue weighted by molar-refractivity contribution is 0.556. The fourth-order valence-electron chi connectivity index (χ4n) is 2.59. The van der Waals surface area contributed by atoms with E-state index in [1.807, 2.05) is 18.2 Å². The minimum absolute atomic E-state index is 0.00451. The average molecular weight is 290 g/mol. The number of aromatic nitrogens is 1. The topological polar surface area (TPSA) is 45.4 Å². The van der Waals surface area contributed by atoms with E-state index in [9.17, 15) is 8.78 Å². The minimum atomic E-state index is -0.612. The Hall–Kier alpha value is -2.37. The van der Waals surface area contributed by atoms with Crippen LogP contribution in [0.15, 0.2) is 36.5 Å². The van der Waals surface area contributed by atoms with Crippen molar-refractivity contribution in [2.24, 2.45) is 0 Å². The Labute approximate surface area is 121 Å². The smallest absolute Gasteiger partial charge is 0.151 e. The molecular weight excluding hydrogens is 274 g/mol. The Morgan fingerprint density at radius 2 is 1.57 bits per heavy atom. The van der Waals surface area contributed by atoms with Gasteiger partial charge in [-0.2, -0.15) is 0 Å². The highest BCUT2D eigenvalue weighted by Crippen LogP contribution is 2.27. The standard InChI is InChI=1S/C15H16F2N4/c16-12-9-11(18)10-13(17)15(12)21-7-5-20(6-8-21)14-3-1-2-4-19-14/h1-4,9-10H,5-8,18H2. The number of rotatable bonds is 2. The van der Waals surface area contributed by atoms with Crippen LogP contribution in [0.5, 0.6) is 0 Å². The summed E-state index contributed by atoms with van der Waals surface area (Å²) in [6, 6.07) is 8.03. The monoisotopic (exact) mass is 290 g/mol. The summed E-state index contributed by atoms with van der Waals surface area (Å²) < 4.78 is 27.9. The van der Waals surface area contributed by atoms with Crippen LogP contribution in [-0.4, -0.2) is 31.2 Å². The molecule has 0 amide bonds. The summed E-state index contributed by atoms with van der Waals surface area (Å²) in [5.41, 5.74) is 5.54. The normalized spacial score (nSPS) is 15.3. The Morgan fingerprint density at radius 1 is 0.952 bits per heavy atom. The van der Waals surface area contributed by atoms with Crippen LogP contribution in [0.2, 0.25) is 0 Å². The number of halogens is 2. The number of hydrogen-bond donors (Lipinski definition) is 1. The zero-order chi connectivity index (χ0) is 14.8. The Kier molecular flexibility index (Phi) is 3.60. The van der Waals surface area contributed by atoms with E-state index in [-0.39, 0.29) is 11.4 Å². The zero-order valence-corrected chi connectivity index (χ0v) is 11.5. The van der Waals surface area contributed by atoms with Crippen molar-refractivity contribution in [3.63, 3.8) is 0 Å². The molecule has 2 N–H and O–H groups in total. The molecule has 6 heteroatoms. The van der Waals surface area contributed by atoms with Gasteiger partial charge in [-0.3, -0.25) is 0 Å². The highest BCUT2D eigenvalue weighted by Gasteiger charge is 2.23. The summed E-state index contributed by atoms with van der Waals surface area (Å²) >= 11 is 0. The Morgan fingerprint density at radius 3 is 2.14 bits per heavy atom. The van der Waals surface area contributed by atoms with Crippen molar-refractivity contribution in [1.82, 2.24) is 4.98 Å². The lowest BCUT2D eigenvalue weighted by Crippen LogP contribution is -2.47. The fraction of sp³-hybridized carbons (Fsp3) is 0.267. The number of pyridine rings is 1. The summed E-state index contributed by atoms with van der Waals surface area (Å²) in [7, 11) is 0. The van der Waals surface area contributed by atoms with Gasteiger partial charge in [-0.15, -0.1) is 0 Å². The molecule has 110 valence electrons. The second-order valence-corrected chi connectivity index (χ2v) is 5.00. The zero-order valence-electron chi connectivity index (χ0n) is 11.5. The lowest BCUT2D eigenvalue weighted by Gasteiger charge is -2.36. The van der Waals surface area contributed by atoms with Crippen molar-refractivity contribution in [3.05, 3.63) is 48.2 Å². The molecule has 2 heterocycles. The molecule has 2 aromatic rings. The molecule has 4 nitrogen and oxygen atoms in total. The third kappa shape index (κ3) is 2.74. The average Bonchev–Trinajstić information content (AvgIpc) is 2.48. The number of nitrogens with zero attached hydrogens (tertiary/aromatic N) is 3. The highest BCUT2D eigenvalue weighted by atomic mass is 19.1. The molecule has 1 aliphatic rings. The van der Waals surface area contributed by atoms with Crippen LogP contribution < -0.4 is 15.5 Å². The van der Waals surface area contributed by atoms with Crippen LogP contribution in [0.3, 0.4) is 0 Å². The van der Waals surface area contributed by atoms with Gasteiger partial charge in [0.05, 0.1) is 0 Å². The van der Waals surface area contributed by atoms with Gasteiger partial charge in [-0.1, -0.05) is 6.07 Å². The van der Waals surface area contributed by atoms with E-state index in [0.717, 1.165) is 18.0 Å². The molecule has 1 aliphatic heterocycles. The van der Waals surface area contributed by atoms with Crippen molar-refractivity contribution in [3.8, 4) is 0 Å². The molecule has 0 bridgehead atoms. The van der Waals surface area contributed by atoms with Gasteiger partial charge in [0, 0.05) is 38.1 Å². The molecule has 1 aromatic heterocycles. The van der Waals surface area contributed by atoms with E-state index in [1.165, 1.54) is 0 Å². The van der Waals surface area contributed by atoms with Crippen LogP contribution >= 0.6 is 0 Å². The molecular formula is C15H16F2N4. The van der Waals surface area contributed by atoms with Crippen molar-refractivity contribution in [1.29, 1.82) is 0 Å². The molecule has 0 spiro atoms. The predicted octanol–water partition coefficient (Wildman–Crippen LogP) is 2.27. The third-order valence-electron chi connectivity index (χ3n) is 3.61. The summed E-state index contributed by atoms with van der Waals surface area (Å²) in [5, 5.41) is 0. The van der Waals surface area contributed by atoms with Gasteiger partial charge in [0.15, 0.2) is 11.6 Å². The number of nitrogen functional groups attached to an aromatic ring is 1. The van der Waals surface area contributed by atoms with E-state index in [4.69, 9.17) is 5.73 Å². The van der Waals surface area contributed by atoms with Crippen LogP contribution in [0.4, 0.5) is 26.0 Å². The summed E-state index contributed by atoms with van der Waals surface area (Å²) in [6.45, 7) is 2.41. The predicted molar refractivity (Wildman–Crippen MR) is 79.4 cm³/mol. The van der Waals surface area contributed by atoms with E-state index in [1.54, 1.807) is 11.1 Å². The van der Waals surface area contributed by atoms with Crippen molar-refractivity contribution in [2.75, 3.05) is 41.7 Å². The van der Waals surface area contributed by atoms with Gasteiger partial charge in [-0.25, -0.2) is 13.8 Å². The molecule has 1 saturated heterocycles. The van der Waals surface area contributed by atoms with Crippen LogP contribution in [-0.2, 0) is 0 Å². The van der Waals surface area contributed by atoms with E-state index in [2.05, 4.69) is 9.88 Å². The van der Waals surface area contributed by atoms with Gasteiger partial charge in [0.1, 0.15) is 11.5 Å². The number of piperazine rings is 1. The third-order valence-corrected chi connectivity index (χ3v) is 3.61. The highest BCUT2D eigenvalue weighted by molar-refractivity contribution is 5.57. The number of nitrogens with two attached hydrogens (primary N) is 1. The second-order valence-electron chi connectivity index (χ2n) is 5.00. The summed E-state index contributed by atoms with van der Waals surface area (Å²) in [6.07, 6.45) is 1.74. The van der Waals surface area contributed by atoms with E-state index >= 15 is 0 Å². The quantitative estimate of drug-likeness (QED) is 0.862. The van der Waals surface area contributed by atoms with Crippen molar-refractivity contribution < 1.29 is 8.78 Å². The van der Waals surface area contributed by atoms with Gasteiger partial charge in [0.25, 0.3) is 0 Å². The molecule has 1 fully saturated rings.